The number of carbonyl (C=O) groups excluding carboxylic acids is 1. The van der Waals surface area contributed by atoms with Crippen LogP contribution in [0.5, 0.6) is 11.5 Å². The van der Waals surface area contributed by atoms with Crippen LogP contribution in [0.1, 0.15) is 47.6 Å². The fourth-order valence-corrected chi connectivity index (χ4v) is 4.44. The third-order valence-electron chi connectivity index (χ3n) is 4.86. The van der Waals surface area contributed by atoms with Gasteiger partial charge in [-0.15, -0.1) is 11.3 Å². The molecule has 3 rings (SSSR count). The van der Waals surface area contributed by atoms with Gasteiger partial charge in [0.1, 0.15) is 5.56 Å². The summed E-state index contributed by atoms with van der Waals surface area (Å²) in [4.78, 5) is 29.3. The molecule has 2 aromatic rings. The molecule has 1 heterocycles. The topological polar surface area (TPSA) is 104 Å². The number of anilines is 1. The summed E-state index contributed by atoms with van der Waals surface area (Å²) >= 11 is 1.44. The monoisotopic (exact) mass is 405 g/mol. The molecular formula is C19H23N3O5S. The van der Waals surface area contributed by atoms with Gasteiger partial charge in [0.2, 0.25) is 0 Å². The number of nitrogens with zero attached hydrogens (tertiary/aromatic N) is 2. The Bertz CT molecular complexity index is 896. The van der Waals surface area contributed by atoms with Gasteiger partial charge in [-0.3, -0.25) is 20.2 Å². The van der Waals surface area contributed by atoms with E-state index in [0.717, 1.165) is 31.4 Å². The molecule has 8 nitrogen and oxygen atoms in total. The van der Waals surface area contributed by atoms with Crippen molar-refractivity contribution < 1.29 is 19.2 Å². The first-order valence-corrected chi connectivity index (χ1v) is 10.1. The first-order chi connectivity index (χ1) is 13.5. The first-order valence-electron chi connectivity index (χ1n) is 9.25. The highest BCUT2D eigenvalue weighted by Gasteiger charge is 2.27. The van der Waals surface area contributed by atoms with Gasteiger partial charge in [-0.2, -0.15) is 0 Å². The Morgan fingerprint density at radius 1 is 1.39 bits per heavy atom. The molecule has 0 fully saturated rings. The maximum Gasteiger partial charge on any atom is 0.286 e. The van der Waals surface area contributed by atoms with E-state index < -0.39 is 10.8 Å². The summed E-state index contributed by atoms with van der Waals surface area (Å²) in [6.45, 7) is 4.30. The summed E-state index contributed by atoms with van der Waals surface area (Å²) in [5, 5.41) is 14.6. The largest absolute Gasteiger partial charge is 0.493 e. The minimum Gasteiger partial charge on any atom is -0.493 e. The maximum absolute atomic E-state index is 12.8. The fraction of sp³-hybridized carbons (Fsp3) is 0.474. The molecule has 0 saturated heterocycles. The molecule has 0 bridgehead atoms. The molecule has 1 aromatic carbocycles. The summed E-state index contributed by atoms with van der Waals surface area (Å²) in [5.41, 5.74) is 0.586. The predicted octanol–water partition coefficient (Wildman–Crippen LogP) is 4.23. The molecule has 9 heteroatoms. The van der Waals surface area contributed by atoms with Gasteiger partial charge in [0.25, 0.3) is 11.6 Å². The molecule has 0 spiro atoms. The number of amides is 1. The van der Waals surface area contributed by atoms with E-state index in [9.17, 15) is 14.9 Å². The van der Waals surface area contributed by atoms with Crippen LogP contribution in [0.25, 0.3) is 0 Å². The Labute approximate surface area is 167 Å². The highest BCUT2D eigenvalue weighted by Crippen LogP contribution is 2.36. The van der Waals surface area contributed by atoms with E-state index in [1.807, 2.05) is 0 Å². The Morgan fingerprint density at radius 2 is 2.18 bits per heavy atom. The predicted molar refractivity (Wildman–Crippen MR) is 107 cm³/mol. The number of hydrogen-bond donors (Lipinski definition) is 1. The van der Waals surface area contributed by atoms with E-state index in [4.69, 9.17) is 9.47 Å². The molecule has 1 atom stereocenters. The number of methoxy groups -OCH3 is 1. The second-order valence-corrected chi connectivity index (χ2v) is 7.65. The lowest BCUT2D eigenvalue weighted by atomic mass is 9.89. The van der Waals surface area contributed by atoms with Crippen LogP contribution >= 0.6 is 11.3 Å². The highest BCUT2D eigenvalue weighted by molar-refractivity contribution is 7.15. The van der Waals surface area contributed by atoms with Gasteiger partial charge < -0.3 is 9.47 Å². The Hall–Kier alpha value is -2.68. The standard InChI is InChI=1S/C19H23N3O5S/c1-4-11-6-7-13-17(8-11)28-19(20-13)21-18(23)12-9-16(27-5-2)15(26-3)10-14(12)22(24)25/h9-11H,4-8H2,1-3H3,(H,20,21,23). The van der Waals surface area contributed by atoms with Gasteiger partial charge in [-0.05, 0) is 32.1 Å². The lowest BCUT2D eigenvalue weighted by molar-refractivity contribution is -0.385. The average Bonchev–Trinajstić information content (AvgIpc) is 3.08. The first kappa shape index (κ1) is 20.1. The van der Waals surface area contributed by atoms with E-state index >= 15 is 0 Å². The SMILES string of the molecule is CCOc1cc(C(=O)Nc2nc3c(s2)CC(CC)CC3)c([N+](=O)[O-])cc1OC. The number of fused-ring (bicyclic) bond motifs is 1. The third kappa shape index (κ3) is 4.09. The molecule has 28 heavy (non-hydrogen) atoms. The molecule has 1 amide bonds. The number of nitro groups is 1. The lowest BCUT2D eigenvalue weighted by Crippen LogP contribution is -2.15. The van der Waals surface area contributed by atoms with E-state index in [2.05, 4.69) is 17.2 Å². The zero-order chi connectivity index (χ0) is 20.3. The summed E-state index contributed by atoms with van der Waals surface area (Å²) in [5.74, 6) is 0.548. The summed E-state index contributed by atoms with van der Waals surface area (Å²) in [7, 11) is 1.39. The highest BCUT2D eigenvalue weighted by atomic mass is 32.1. The van der Waals surface area contributed by atoms with E-state index in [1.54, 1.807) is 6.92 Å². The fourth-order valence-electron chi connectivity index (χ4n) is 3.32. The minimum absolute atomic E-state index is 0.0890. The van der Waals surface area contributed by atoms with Gasteiger partial charge in [0.05, 0.1) is 30.4 Å². The molecule has 1 aromatic heterocycles. The van der Waals surface area contributed by atoms with Crippen LogP contribution in [0.3, 0.4) is 0 Å². The van der Waals surface area contributed by atoms with Crippen molar-refractivity contribution in [2.24, 2.45) is 5.92 Å². The van der Waals surface area contributed by atoms with Crippen molar-refractivity contribution in [3.05, 3.63) is 38.4 Å². The van der Waals surface area contributed by atoms with Crippen molar-refractivity contribution in [3.63, 3.8) is 0 Å². The molecule has 0 saturated carbocycles. The number of aryl methyl sites for hydroxylation is 1. The number of rotatable bonds is 7. The van der Waals surface area contributed by atoms with E-state index in [-0.39, 0.29) is 22.7 Å². The van der Waals surface area contributed by atoms with Crippen LogP contribution in [0.15, 0.2) is 12.1 Å². The molecule has 150 valence electrons. The number of nitro benzene ring substituents is 1. The van der Waals surface area contributed by atoms with Crippen molar-refractivity contribution >= 4 is 28.1 Å². The molecular weight excluding hydrogens is 382 g/mol. The lowest BCUT2D eigenvalue weighted by Gasteiger charge is -2.18. The molecule has 1 unspecified atom stereocenters. The molecule has 0 aliphatic heterocycles. The quantitative estimate of drug-likeness (QED) is 0.546. The van der Waals surface area contributed by atoms with Crippen LogP contribution in [0.2, 0.25) is 0 Å². The van der Waals surface area contributed by atoms with Crippen LogP contribution in [0.4, 0.5) is 10.8 Å². The van der Waals surface area contributed by atoms with Crippen molar-refractivity contribution in [2.75, 3.05) is 19.0 Å². The van der Waals surface area contributed by atoms with Crippen LogP contribution in [-0.2, 0) is 12.8 Å². The summed E-state index contributed by atoms with van der Waals surface area (Å²) in [6.07, 6.45) is 4.09. The number of thiazole rings is 1. The van der Waals surface area contributed by atoms with Crippen molar-refractivity contribution in [1.29, 1.82) is 0 Å². The molecule has 0 radical (unpaired) electrons. The second kappa shape index (κ2) is 8.55. The van der Waals surface area contributed by atoms with Gasteiger partial charge >= 0.3 is 0 Å². The molecule has 1 aliphatic carbocycles. The van der Waals surface area contributed by atoms with E-state index in [1.165, 1.54) is 35.5 Å². The molecule has 1 aliphatic rings. The number of nitrogens with one attached hydrogen (secondary N) is 1. The minimum atomic E-state index is -0.605. The Kier molecular flexibility index (Phi) is 6.13. The average molecular weight is 405 g/mol. The maximum atomic E-state index is 12.8. The van der Waals surface area contributed by atoms with Gasteiger partial charge in [-0.1, -0.05) is 13.3 Å². The Morgan fingerprint density at radius 3 is 2.82 bits per heavy atom. The van der Waals surface area contributed by atoms with Crippen molar-refractivity contribution in [1.82, 2.24) is 4.98 Å². The smallest absolute Gasteiger partial charge is 0.286 e. The zero-order valence-corrected chi connectivity index (χ0v) is 16.9. The summed E-state index contributed by atoms with van der Waals surface area (Å²) < 4.78 is 10.6. The van der Waals surface area contributed by atoms with Gasteiger partial charge in [0.15, 0.2) is 16.6 Å². The normalized spacial score (nSPS) is 15.6. The van der Waals surface area contributed by atoms with Crippen LogP contribution in [0, 0.1) is 16.0 Å². The van der Waals surface area contributed by atoms with Gasteiger partial charge in [-0.25, -0.2) is 4.98 Å². The van der Waals surface area contributed by atoms with Gasteiger partial charge in [0, 0.05) is 10.9 Å². The number of ether oxygens (including phenoxy) is 2. The summed E-state index contributed by atoms with van der Waals surface area (Å²) in [6, 6.07) is 2.55. The Balaban J connectivity index is 1.89. The second-order valence-electron chi connectivity index (χ2n) is 6.57. The number of benzene rings is 1. The number of carbonyl (C=O) groups is 1. The van der Waals surface area contributed by atoms with E-state index in [0.29, 0.717) is 17.7 Å². The molecule has 1 N–H and O–H groups in total. The number of aromatic nitrogens is 1. The van der Waals surface area contributed by atoms with Crippen molar-refractivity contribution in [2.45, 2.75) is 39.5 Å². The van der Waals surface area contributed by atoms with Crippen LogP contribution in [-0.4, -0.2) is 29.5 Å². The number of hydrogen-bond acceptors (Lipinski definition) is 7. The van der Waals surface area contributed by atoms with Crippen molar-refractivity contribution in [3.8, 4) is 11.5 Å². The zero-order valence-electron chi connectivity index (χ0n) is 16.1. The third-order valence-corrected chi connectivity index (χ3v) is 5.90. The van der Waals surface area contributed by atoms with Crippen LogP contribution < -0.4 is 14.8 Å².